The highest BCUT2D eigenvalue weighted by atomic mass is 32.2. The van der Waals surface area contributed by atoms with Crippen LogP contribution in [0.2, 0.25) is 0 Å². The van der Waals surface area contributed by atoms with Gasteiger partial charge in [-0.25, -0.2) is 9.79 Å². The summed E-state index contributed by atoms with van der Waals surface area (Å²) in [5, 5.41) is 7.09. The number of hydrogen-bond acceptors (Lipinski definition) is 8. The number of benzene rings is 2. The predicted octanol–water partition coefficient (Wildman–Crippen LogP) is 2.28. The second-order valence-electron chi connectivity index (χ2n) is 6.19. The zero-order valence-electron chi connectivity index (χ0n) is 17.5. The zero-order valence-corrected chi connectivity index (χ0v) is 18.4. The summed E-state index contributed by atoms with van der Waals surface area (Å²) in [5.41, 5.74) is 0.0619. The summed E-state index contributed by atoms with van der Waals surface area (Å²) in [6, 6.07) is 11.5. The number of amides is 3. The molecule has 2 aromatic carbocycles. The number of nitrogens with zero attached hydrogens (tertiary/aromatic N) is 1. The third-order valence-electron chi connectivity index (χ3n) is 3.73. The third kappa shape index (κ3) is 7.09. The van der Waals surface area contributed by atoms with Gasteiger partial charge in [0.25, 0.3) is 0 Å². The lowest BCUT2D eigenvalue weighted by Gasteiger charge is -2.13. The number of nitrogens with one attached hydrogen (secondary N) is 3. The van der Waals surface area contributed by atoms with Crippen molar-refractivity contribution < 1.29 is 31.7 Å². The van der Waals surface area contributed by atoms with Crippen LogP contribution in [0.5, 0.6) is 5.75 Å². The van der Waals surface area contributed by atoms with Gasteiger partial charge in [-0.15, -0.1) is 0 Å². The second-order valence-corrected chi connectivity index (χ2v) is 7.74. The molecule has 11 nitrogen and oxygen atoms in total. The Hall–Kier alpha value is -3.93. The minimum Gasteiger partial charge on any atom is -0.453 e. The molecule has 0 bridgehead atoms. The number of rotatable bonds is 6. The molecule has 3 amide bonds. The fourth-order valence-corrected chi connectivity index (χ4v) is 3.24. The Morgan fingerprint density at radius 3 is 2.31 bits per heavy atom. The van der Waals surface area contributed by atoms with Gasteiger partial charge in [-0.2, -0.15) is 8.42 Å². The molecule has 0 atom stereocenters. The van der Waals surface area contributed by atoms with E-state index in [1.165, 1.54) is 31.2 Å². The van der Waals surface area contributed by atoms with Crippen LogP contribution < -0.4 is 20.1 Å². The van der Waals surface area contributed by atoms with Crippen molar-refractivity contribution in [3.05, 3.63) is 48.5 Å². The quantitative estimate of drug-likeness (QED) is 0.338. The van der Waals surface area contributed by atoms with Gasteiger partial charge >= 0.3 is 16.2 Å². The molecule has 0 aromatic heterocycles. The molecular weight excluding hydrogens is 440 g/mol. The smallest absolute Gasteiger partial charge is 0.413 e. The van der Waals surface area contributed by atoms with E-state index in [4.69, 9.17) is 4.18 Å². The number of anilines is 1. The fourth-order valence-electron chi connectivity index (χ4n) is 2.28. The van der Waals surface area contributed by atoms with Gasteiger partial charge in [-0.3, -0.25) is 20.2 Å². The summed E-state index contributed by atoms with van der Waals surface area (Å²) in [5.74, 6) is -1.11. The first kappa shape index (κ1) is 24.3. The van der Waals surface area contributed by atoms with Crippen molar-refractivity contribution >= 4 is 45.4 Å². The summed E-state index contributed by atoms with van der Waals surface area (Å²) in [6.45, 7) is 2.82. The molecule has 0 radical (unpaired) electrons. The van der Waals surface area contributed by atoms with E-state index in [0.29, 0.717) is 0 Å². The zero-order chi connectivity index (χ0) is 23.7. The Labute approximate surface area is 184 Å². The third-order valence-corrected chi connectivity index (χ3v) is 4.98. The number of alkyl carbamates (subject to hydrolysis) is 1. The normalized spacial score (nSPS) is 11.3. The van der Waals surface area contributed by atoms with Crippen molar-refractivity contribution in [3.63, 3.8) is 0 Å². The van der Waals surface area contributed by atoms with Crippen LogP contribution in [0.4, 0.5) is 16.2 Å². The molecule has 0 aliphatic carbocycles. The van der Waals surface area contributed by atoms with Crippen LogP contribution in [0.15, 0.2) is 58.4 Å². The number of para-hydroxylation sites is 1. The summed E-state index contributed by atoms with van der Waals surface area (Å²) >= 11 is 0. The second kappa shape index (κ2) is 10.9. The van der Waals surface area contributed by atoms with Gasteiger partial charge in [0.05, 0.1) is 18.5 Å². The first-order chi connectivity index (χ1) is 15.1. The first-order valence-electron chi connectivity index (χ1n) is 9.29. The number of carbonyl (C=O) groups excluding carboxylic acids is 3. The maximum absolute atomic E-state index is 12.6. The number of carbonyl (C=O) groups is 3. The maximum atomic E-state index is 12.6. The minimum atomic E-state index is -4.22. The van der Waals surface area contributed by atoms with Gasteiger partial charge in [0.15, 0.2) is 0 Å². The predicted molar refractivity (Wildman–Crippen MR) is 116 cm³/mol. The van der Waals surface area contributed by atoms with Gasteiger partial charge in [0.1, 0.15) is 10.6 Å². The van der Waals surface area contributed by atoms with Gasteiger partial charge in [0, 0.05) is 13.3 Å². The standard InChI is InChI=1S/C20H22N4O7S/c1-4-18(26)23-19(24-20(27)30-3)22-16-11-10-15(12-17(16)21-13(2)25)32(28,29)31-14-8-6-5-7-9-14/h5-12H,4H2,1-3H3,(H,21,25)(H2,22,23,24,26,27). The number of ether oxygens (including phenoxy) is 1. The molecule has 3 N–H and O–H groups in total. The summed E-state index contributed by atoms with van der Waals surface area (Å²) in [4.78, 5) is 38.8. The van der Waals surface area contributed by atoms with E-state index in [0.717, 1.165) is 13.2 Å². The Morgan fingerprint density at radius 2 is 1.72 bits per heavy atom. The van der Waals surface area contributed by atoms with E-state index in [1.807, 2.05) is 0 Å². The highest BCUT2D eigenvalue weighted by molar-refractivity contribution is 7.87. The van der Waals surface area contributed by atoms with E-state index in [9.17, 15) is 22.8 Å². The number of methoxy groups -OCH3 is 1. The lowest BCUT2D eigenvalue weighted by atomic mass is 10.2. The summed E-state index contributed by atoms with van der Waals surface area (Å²) in [7, 11) is -3.09. The van der Waals surface area contributed by atoms with Gasteiger partial charge in [-0.05, 0) is 30.3 Å². The molecule has 0 aliphatic rings. The Morgan fingerprint density at radius 1 is 1.03 bits per heavy atom. The number of hydrogen-bond donors (Lipinski definition) is 3. The molecule has 2 rings (SSSR count). The molecule has 0 aliphatic heterocycles. The monoisotopic (exact) mass is 462 g/mol. The van der Waals surface area contributed by atoms with Crippen LogP contribution in [0.1, 0.15) is 20.3 Å². The molecule has 0 saturated heterocycles. The molecule has 170 valence electrons. The van der Waals surface area contributed by atoms with Crippen molar-refractivity contribution in [1.82, 2.24) is 10.6 Å². The number of guanidine groups is 1. The van der Waals surface area contributed by atoms with E-state index in [1.54, 1.807) is 25.1 Å². The van der Waals surface area contributed by atoms with Crippen LogP contribution in [0.3, 0.4) is 0 Å². The molecule has 0 heterocycles. The molecule has 32 heavy (non-hydrogen) atoms. The number of aliphatic imine (C=N–C) groups is 1. The molecule has 0 spiro atoms. The lowest BCUT2D eigenvalue weighted by molar-refractivity contribution is -0.119. The van der Waals surface area contributed by atoms with Gasteiger partial charge in [-0.1, -0.05) is 25.1 Å². The summed E-state index contributed by atoms with van der Waals surface area (Å²) in [6.07, 6.45) is -0.786. The van der Waals surface area contributed by atoms with Gasteiger partial charge < -0.3 is 14.2 Å². The fraction of sp³-hybridized carbons (Fsp3) is 0.200. The van der Waals surface area contributed by atoms with Crippen LogP contribution in [-0.4, -0.2) is 39.4 Å². The molecule has 2 aromatic rings. The van der Waals surface area contributed by atoms with Gasteiger partial charge in [0.2, 0.25) is 17.8 Å². The van der Waals surface area contributed by atoms with Crippen molar-refractivity contribution in [3.8, 4) is 5.75 Å². The van der Waals surface area contributed by atoms with E-state index < -0.39 is 28.0 Å². The van der Waals surface area contributed by atoms with Crippen molar-refractivity contribution in [2.24, 2.45) is 4.99 Å². The largest absolute Gasteiger partial charge is 0.453 e. The average Bonchev–Trinajstić information content (AvgIpc) is 2.74. The highest BCUT2D eigenvalue weighted by Crippen LogP contribution is 2.29. The maximum Gasteiger partial charge on any atom is 0.413 e. The lowest BCUT2D eigenvalue weighted by Crippen LogP contribution is -2.43. The van der Waals surface area contributed by atoms with E-state index in [2.05, 4.69) is 25.7 Å². The van der Waals surface area contributed by atoms with Crippen LogP contribution >= 0.6 is 0 Å². The van der Waals surface area contributed by atoms with Crippen LogP contribution in [-0.2, 0) is 24.4 Å². The molecular formula is C20H22N4O7S. The highest BCUT2D eigenvalue weighted by Gasteiger charge is 2.20. The minimum absolute atomic E-state index is 0.00477. The Balaban J connectivity index is 2.48. The molecule has 0 unspecified atom stereocenters. The SMILES string of the molecule is CCC(=O)NC(=Nc1ccc(S(=O)(=O)Oc2ccccc2)cc1NC(C)=O)NC(=O)OC. The van der Waals surface area contributed by atoms with Crippen molar-refractivity contribution in [1.29, 1.82) is 0 Å². The first-order valence-corrected chi connectivity index (χ1v) is 10.7. The van der Waals surface area contributed by atoms with Crippen LogP contribution in [0.25, 0.3) is 0 Å². The average molecular weight is 462 g/mol. The van der Waals surface area contributed by atoms with E-state index in [-0.39, 0.29) is 34.4 Å². The van der Waals surface area contributed by atoms with Crippen molar-refractivity contribution in [2.45, 2.75) is 25.2 Å². The van der Waals surface area contributed by atoms with Crippen molar-refractivity contribution in [2.75, 3.05) is 12.4 Å². The Bertz CT molecular complexity index is 1110. The molecule has 0 saturated carbocycles. The summed E-state index contributed by atoms with van der Waals surface area (Å²) < 4.78 is 34.9. The van der Waals surface area contributed by atoms with E-state index >= 15 is 0 Å². The Kier molecular flexibility index (Phi) is 8.30. The molecule has 12 heteroatoms. The topological polar surface area (TPSA) is 152 Å². The van der Waals surface area contributed by atoms with Crippen LogP contribution in [0, 0.1) is 0 Å². The molecule has 0 fully saturated rings.